The number of ether oxygens (including phenoxy) is 1. The zero-order valence-corrected chi connectivity index (χ0v) is 14.7. The Morgan fingerprint density at radius 1 is 1.30 bits per heavy atom. The summed E-state index contributed by atoms with van der Waals surface area (Å²) in [7, 11) is 0. The summed E-state index contributed by atoms with van der Waals surface area (Å²) >= 11 is 0. The Bertz CT molecular complexity index is 499. The normalized spacial score (nSPS) is 17.7. The van der Waals surface area contributed by atoms with Crippen molar-refractivity contribution >= 4 is 5.97 Å². The molecule has 0 spiro atoms. The van der Waals surface area contributed by atoms with E-state index in [0.717, 1.165) is 18.0 Å². The van der Waals surface area contributed by atoms with Crippen LogP contribution in [-0.2, 0) is 16.0 Å². The lowest BCUT2D eigenvalue weighted by Gasteiger charge is -2.22. The maximum atomic E-state index is 12.0. The average molecular weight is 318 g/mol. The number of nitrogens with two attached hydrogens (primary N) is 1. The van der Waals surface area contributed by atoms with Crippen LogP contribution in [0.2, 0.25) is 0 Å². The van der Waals surface area contributed by atoms with E-state index in [4.69, 9.17) is 10.5 Å². The first-order chi connectivity index (χ1) is 10.8. The number of nitrogens with zero attached hydrogens (tertiary/aromatic N) is 1. The van der Waals surface area contributed by atoms with Gasteiger partial charge < -0.3 is 10.5 Å². The topological polar surface area (TPSA) is 65.2 Å². The van der Waals surface area contributed by atoms with E-state index >= 15 is 0 Å². The van der Waals surface area contributed by atoms with Gasteiger partial charge in [0, 0.05) is 11.9 Å². The summed E-state index contributed by atoms with van der Waals surface area (Å²) in [5.41, 5.74) is 7.23. The molecule has 4 heteroatoms. The molecule has 0 aliphatic heterocycles. The van der Waals surface area contributed by atoms with Crippen molar-refractivity contribution < 1.29 is 9.53 Å². The minimum Gasteiger partial charge on any atom is -0.459 e. The van der Waals surface area contributed by atoms with Crippen molar-refractivity contribution in [3.8, 4) is 0 Å². The molecule has 0 amide bonds. The van der Waals surface area contributed by atoms with E-state index in [0.29, 0.717) is 5.56 Å². The van der Waals surface area contributed by atoms with E-state index in [1.165, 1.54) is 38.5 Å². The highest BCUT2D eigenvalue weighted by atomic mass is 16.6. The van der Waals surface area contributed by atoms with Gasteiger partial charge >= 0.3 is 5.97 Å². The molecule has 4 nitrogen and oxygen atoms in total. The van der Waals surface area contributed by atoms with E-state index in [9.17, 15) is 4.79 Å². The number of pyridine rings is 1. The molecule has 1 aliphatic carbocycles. The molecule has 0 saturated heterocycles. The van der Waals surface area contributed by atoms with Gasteiger partial charge in [-0.15, -0.1) is 0 Å². The minimum atomic E-state index is -0.769. The molecule has 128 valence electrons. The summed E-state index contributed by atoms with van der Waals surface area (Å²) in [6.07, 6.45) is 10.8. The van der Waals surface area contributed by atoms with Crippen molar-refractivity contribution in [1.29, 1.82) is 0 Å². The van der Waals surface area contributed by atoms with Crippen LogP contribution >= 0.6 is 0 Å². The van der Waals surface area contributed by atoms with Crippen molar-refractivity contribution in [3.05, 3.63) is 29.6 Å². The molecule has 1 aromatic rings. The summed E-state index contributed by atoms with van der Waals surface area (Å²) < 4.78 is 5.32. The van der Waals surface area contributed by atoms with Gasteiger partial charge in [-0.05, 0) is 51.2 Å². The van der Waals surface area contributed by atoms with Crippen LogP contribution in [0.1, 0.15) is 76.6 Å². The highest BCUT2D eigenvalue weighted by Gasteiger charge is 2.23. The van der Waals surface area contributed by atoms with Gasteiger partial charge in [-0.3, -0.25) is 4.98 Å². The van der Waals surface area contributed by atoms with E-state index in [-0.39, 0.29) is 0 Å². The summed E-state index contributed by atoms with van der Waals surface area (Å²) in [6, 6.07) is 3.12. The van der Waals surface area contributed by atoms with Crippen LogP contribution in [0.15, 0.2) is 18.3 Å². The third-order valence-corrected chi connectivity index (χ3v) is 4.40. The first kappa shape index (κ1) is 17.9. The van der Waals surface area contributed by atoms with Crippen LogP contribution in [0.4, 0.5) is 0 Å². The van der Waals surface area contributed by atoms with Gasteiger partial charge in [0.25, 0.3) is 0 Å². The second kappa shape index (κ2) is 7.91. The van der Waals surface area contributed by atoms with E-state index in [1.807, 2.05) is 32.9 Å². The zero-order valence-electron chi connectivity index (χ0n) is 14.7. The number of aryl methyl sites for hydroxylation is 1. The Kier molecular flexibility index (Phi) is 6.17. The lowest BCUT2D eigenvalue weighted by Crippen LogP contribution is -2.31. The monoisotopic (exact) mass is 318 g/mol. The van der Waals surface area contributed by atoms with E-state index in [1.54, 1.807) is 6.20 Å². The molecular formula is C19H30N2O2. The second-order valence-electron chi connectivity index (χ2n) is 7.64. The van der Waals surface area contributed by atoms with Crippen LogP contribution in [0.3, 0.4) is 0 Å². The second-order valence-corrected chi connectivity index (χ2v) is 7.64. The fourth-order valence-electron chi connectivity index (χ4n) is 3.10. The first-order valence-electron chi connectivity index (χ1n) is 8.78. The number of aromatic nitrogens is 1. The molecule has 1 heterocycles. The van der Waals surface area contributed by atoms with Crippen molar-refractivity contribution in [3.63, 3.8) is 0 Å². The van der Waals surface area contributed by atoms with E-state index < -0.39 is 17.6 Å². The Hall–Kier alpha value is -1.42. The SMILES string of the molecule is CC(C)(C)OC(=O)C(N)c1ccc(CCC2CCCCC2)nc1. The number of carbonyl (C=O) groups excluding carboxylic acids is 1. The summed E-state index contributed by atoms with van der Waals surface area (Å²) in [5, 5.41) is 0. The van der Waals surface area contributed by atoms with Gasteiger partial charge in [-0.1, -0.05) is 38.2 Å². The highest BCUT2D eigenvalue weighted by Crippen LogP contribution is 2.27. The predicted molar refractivity (Wildman–Crippen MR) is 91.9 cm³/mol. The van der Waals surface area contributed by atoms with Gasteiger partial charge in [0.2, 0.25) is 0 Å². The summed E-state index contributed by atoms with van der Waals surface area (Å²) in [4.78, 5) is 16.5. The molecule has 1 aliphatic rings. The maximum absolute atomic E-state index is 12.0. The number of hydrogen-bond donors (Lipinski definition) is 1. The first-order valence-corrected chi connectivity index (χ1v) is 8.78. The third kappa shape index (κ3) is 5.94. The molecule has 0 bridgehead atoms. The minimum absolute atomic E-state index is 0.408. The Morgan fingerprint density at radius 2 is 2.00 bits per heavy atom. The fraction of sp³-hybridized carbons (Fsp3) is 0.684. The molecule has 0 radical (unpaired) electrons. The molecule has 1 unspecified atom stereocenters. The molecule has 23 heavy (non-hydrogen) atoms. The Morgan fingerprint density at radius 3 is 2.57 bits per heavy atom. The van der Waals surface area contributed by atoms with Crippen LogP contribution in [-0.4, -0.2) is 16.6 Å². The molecule has 1 saturated carbocycles. The smallest absolute Gasteiger partial charge is 0.328 e. The average Bonchev–Trinajstić information content (AvgIpc) is 2.52. The predicted octanol–water partition coefficient (Wildman–Crippen LogP) is 3.94. The standard InChI is InChI=1S/C19H30N2O2/c1-19(2,3)23-18(22)17(20)15-10-12-16(21-13-15)11-9-14-7-5-4-6-8-14/h10,12-14,17H,4-9,11,20H2,1-3H3. The van der Waals surface area contributed by atoms with Crippen LogP contribution < -0.4 is 5.73 Å². The largest absolute Gasteiger partial charge is 0.459 e. The van der Waals surface area contributed by atoms with Gasteiger partial charge in [0.1, 0.15) is 11.6 Å². The van der Waals surface area contributed by atoms with Gasteiger partial charge in [-0.25, -0.2) is 4.79 Å². The number of carbonyl (C=O) groups is 1. The highest BCUT2D eigenvalue weighted by molar-refractivity contribution is 5.77. The summed E-state index contributed by atoms with van der Waals surface area (Å²) in [5.74, 6) is 0.448. The van der Waals surface area contributed by atoms with E-state index in [2.05, 4.69) is 4.98 Å². The molecule has 2 N–H and O–H groups in total. The third-order valence-electron chi connectivity index (χ3n) is 4.40. The van der Waals surface area contributed by atoms with Crippen LogP contribution in [0, 0.1) is 5.92 Å². The fourth-order valence-corrected chi connectivity index (χ4v) is 3.10. The molecule has 1 atom stereocenters. The molecule has 1 fully saturated rings. The number of hydrogen-bond acceptors (Lipinski definition) is 4. The van der Waals surface area contributed by atoms with Gasteiger partial charge in [0.15, 0.2) is 0 Å². The Labute approximate surface area is 139 Å². The van der Waals surface area contributed by atoms with Gasteiger partial charge in [0.05, 0.1) is 0 Å². The lowest BCUT2D eigenvalue weighted by molar-refractivity contribution is -0.156. The van der Waals surface area contributed by atoms with Crippen molar-refractivity contribution in [2.24, 2.45) is 11.7 Å². The molecule has 1 aromatic heterocycles. The van der Waals surface area contributed by atoms with Crippen molar-refractivity contribution in [2.45, 2.75) is 77.4 Å². The summed E-state index contributed by atoms with van der Waals surface area (Å²) in [6.45, 7) is 5.51. The van der Waals surface area contributed by atoms with Crippen LogP contribution in [0.25, 0.3) is 0 Å². The molecular weight excluding hydrogens is 288 g/mol. The zero-order chi connectivity index (χ0) is 16.9. The van der Waals surface area contributed by atoms with Crippen molar-refractivity contribution in [2.75, 3.05) is 0 Å². The number of esters is 1. The van der Waals surface area contributed by atoms with Gasteiger partial charge in [-0.2, -0.15) is 0 Å². The molecule has 0 aromatic carbocycles. The van der Waals surface area contributed by atoms with Crippen LogP contribution in [0.5, 0.6) is 0 Å². The Balaban J connectivity index is 1.87. The van der Waals surface area contributed by atoms with Crippen molar-refractivity contribution in [1.82, 2.24) is 4.98 Å². The molecule has 2 rings (SSSR count). The number of rotatable bonds is 5. The quantitative estimate of drug-likeness (QED) is 0.835. The maximum Gasteiger partial charge on any atom is 0.328 e. The lowest BCUT2D eigenvalue weighted by atomic mass is 9.86.